The fraction of sp³-hybridized carbons (Fsp3) is 0.231. The molecular weight excluding hydrogens is 450 g/mol. The van der Waals surface area contributed by atoms with E-state index < -0.39 is 0 Å². The number of benzene rings is 2. The van der Waals surface area contributed by atoms with E-state index in [0.29, 0.717) is 36.0 Å². The van der Waals surface area contributed by atoms with Crippen molar-refractivity contribution < 1.29 is 4.79 Å². The molecule has 1 fully saturated rings. The number of halogens is 1. The molecule has 34 heavy (non-hydrogen) atoms. The first-order valence-corrected chi connectivity index (χ1v) is 11.7. The lowest BCUT2D eigenvalue weighted by molar-refractivity contribution is 0.0589. The number of hydrogen-bond donors (Lipinski definition) is 0. The van der Waals surface area contributed by atoms with Crippen molar-refractivity contribution in [1.29, 1.82) is 0 Å². The van der Waals surface area contributed by atoms with E-state index >= 15 is 0 Å². The average Bonchev–Trinajstić information content (AvgIpc) is 3.30. The van der Waals surface area contributed by atoms with Crippen molar-refractivity contribution in [1.82, 2.24) is 24.5 Å². The molecule has 1 saturated heterocycles. The van der Waals surface area contributed by atoms with E-state index in [4.69, 9.17) is 11.6 Å². The third-order valence-electron chi connectivity index (χ3n) is 6.76. The van der Waals surface area contributed by atoms with E-state index in [1.807, 2.05) is 58.0 Å². The fourth-order valence-corrected chi connectivity index (χ4v) is 5.38. The lowest BCUT2D eigenvalue weighted by Crippen LogP contribution is -2.49. The van der Waals surface area contributed by atoms with Gasteiger partial charge in [-0.05, 0) is 42.7 Å². The summed E-state index contributed by atoms with van der Waals surface area (Å²) in [6, 6.07) is 22.4. The molecule has 0 saturated carbocycles. The normalized spacial score (nSPS) is 19.0. The zero-order valence-electron chi connectivity index (χ0n) is 18.3. The molecule has 0 N–H and O–H groups in total. The number of pyridine rings is 1. The summed E-state index contributed by atoms with van der Waals surface area (Å²) in [6.45, 7) is 1.79. The van der Waals surface area contributed by atoms with Gasteiger partial charge in [0.1, 0.15) is 5.69 Å². The van der Waals surface area contributed by atoms with Gasteiger partial charge in [-0.15, -0.1) is 5.10 Å². The van der Waals surface area contributed by atoms with Crippen molar-refractivity contribution in [3.05, 3.63) is 99.6 Å². The SMILES string of the molecule is O=C(c1nnn(-c2ccc(Cl)cc2)c1-c1ccccc1)N1C[C@@H]2C[C@@H](C1)c1cccc(=O)n1C2. The first-order chi connectivity index (χ1) is 16.6. The second kappa shape index (κ2) is 8.25. The Bertz CT molecular complexity index is 1430. The average molecular weight is 472 g/mol. The molecule has 2 aliphatic rings. The predicted octanol–water partition coefficient (Wildman–Crippen LogP) is 4.01. The number of fused-ring (bicyclic) bond motifs is 4. The molecule has 2 aromatic heterocycles. The van der Waals surface area contributed by atoms with Crippen LogP contribution < -0.4 is 5.56 Å². The molecule has 1 amide bonds. The Labute approximate surface area is 201 Å². The summed E-state index contributed by atoms with van der Waals surface area (Å²) in [5, 5.41) is 9.34. The molecule has 2 atom stereocenters. The van der Waals surface area contributed by atoms with Gasteiger partial charge in [0.25, 0.3) is 11.5 Å². The van der Waals surface area contributed by atoms with Crippen molar-refractivity contribution in [3.8, 4) is 16.9 Å². The first-order valence-electron chi connectivity index (χ1n) is 11.3. The summed E-state index contributed by atoms with van der Waals surface area (Å²) >= 11 is 6.08. The molecule has 2 aromatic carbocycles. The molecule has 170 valence electrons. The van der Waals surface area contributed by atoms with Crippen molar-refractivity contribution >= 4 is 17.5 Å². The van der Waals surface area contributed by atoms with E-state index in [1.54, 1.807) is 28.9 Å². The van der Waals surface area contributed by atoms with Crippen LogP contribution in [0.2, 0.25) is 5.02 Å². The summed E-state index contributed by atoms with van der Waals surface area (Å²) in [5.74, 6) is 0.235. The molecule has 2 bridgehead atoms. The smallest absolute Gasteiger partial charge is 0.276 e. The molecule has 8 heteroatoms. The maximum absolute atomic E-state index is 13.8. The van der Waals surface area contributed by atoms with Crippen molar-refractivity contribution in [3.63, 3.8) is 0 Å². The van der Waals surface area contributed by atoms with Crippen LogP contribution in [0.3, 0.4) is 0 Å². The summed E-state index contributed by atoms with van der Waals surface area (Å²) in [4.78, 5) is 28.0. The Balaban J connectivity index is 1.39. The van der Waals surface area contributed by atoms with Crippen LogP contribution in [0.15, 0.2) is 77.6 Å². The van der Waals surface area contributed by atoms with E-state index in [9.17, 15) is 9.59 Å². The fourth-order valence-electron chi connectivity index (χ4n) is 5.26. The van der Waals surface area contributed by atoms with Gasteiger partial charge in [0.2, 0.25) is 0 Å². The Morgan fingerprint density at radius 3 is 2.50 bits per heavy atom. The molecule has 0 aliphatic carbocycles. The van der Waals surface area contributed by atoms with Crippen LogP contribution in [0.5, 0.6) is 0 Å². The standard InChI is InChI=1S/C26H22ClN5O2/c27-20-9-11-21(12-10-20)32-25(18-5-2-1-3-6-18)24(28-29-32)26(34)30-14-17-13-19(16-30)22-7-4-8-23(33)31(22)15-17/h1-12,17,19H,13-16H2/t17-,19-/m0/s1. The second-order valence-corrected chi connectivity index (χ2v) is 9.39. The largest absolute Gasteiger partial charge is 0.336 e. The number of carbonyl (C=O) groups excluding carboxylic acids is 1. The molecule has 0 spiro atoms. The Morgan fingerprint density at radius 1 is 0.912 bits per heavy atom. The van der Waals surface area contributed by atoms with Gasteiger partial charge in [0.15, 0.2) is 5.69 Å². The summed E-state index contributed by atoms with van der Waals surface area (Å²) < 4.78 is 3.56. The zero-order valence-corrected chi connectivity index (χ0v) is 19.1. The highest BCUT2D eigenvalue weighted by molar-refractivity contribution is 6.30. The minimum absolute atomic E-state index is 0.0317. The number of hydrogen-bond acceptors (Lipinski definition) is 4. The Hall–Kier alpha value is -3.71. The van der Waals surface area contributed by atoms with Crippen molar-refractivity contribution in [2.45, 2.75) is 18.9 Å². The molecule has 7 nitrogen and oxygen atoms in total. The van der Waals surface area contributed by atoms with E-state index in [1.165, 1.54) is 0 Å². The lowest BCUT2D eigenvalue weighted by atomic mass is 9.83. The van der Waals surface area contributed by atoms with Gasteiger partial charge < -0.3 is 9.47 Å². The highest BCUT2D eigenvalue weighted by atomic mass is 35.5. The second-order valence-electron chi connectivity index (χ2n) is 8.95. The van der Waals surface area contributed by atoms with Gasteiger partial charge >= 0.3 is 0 Å². The monoisotopic (exact) mass is 471 g/mol. The number of piperidine rings is 1. The van der Waals surface area contributed by atoms with Crippen LogP contribution in [0.1, 0.15) is 28.5 Å². The van der Waals surface area contributed by atoms with Crippen molar-refractivity contribution in [2.75, 3.05) is 13.1 Å². The Kier molecular flexibility index (Phi) is 5.07. The van der Waals surface area contributed by atoms with Crippen LogP contribution >= 0.6 is 11.6 Å². The maximum atomic E-state index is 13.8. The summed E-state index contributed by atoms with van der Waals surface area (Å²) in [6.07, 6.45) is 0.982. The topological polar surface area (TPSA) is 73.0 Å². The molecular formula is C26H22ClN5O2. The minimum Gasteiger partial charge on any atom is -0.336 e. The molecule has 4 heterocycles. The number of amides is 1. The molecule has 2 aliphatic heterocycles. The van der Waals surface area contributed by atoms with Crippen LogP contribution in [-0.2, 0) is 6.54 Å². The number of nitrogens with zero attached hydrogens (tertiary/aromatic N) is 5. The van der Waals surface area contributed by atoms with Crippen LogP contribution in [0, 0.1) is 5.92 Å². The van der Waals surface area contributed by atoms with Gasteiger partial charge in [-0.25, -0.2) is 4.68 Å². The molecule has 6 rings (SSSR count). The lowest BCUT2D eigenvalue weighted by Gasteiger charge is -2.42. The van der Waals surface area contributed by atoms with Crippen molar-refractivity contribution in [2.24, 2.45) is 5.92 Å². The Morgan fingerprint density at radius 2 is 1.71 bits per heavy atom. The number of aromatic nitrogens is 4. The predicted molar refractivity (Wildman–Crippen MR) is 129 cm³/mol. The zero-order chi connectivity index (χ0) is 23.2. The van der Waals surface area contributed by atoms with E-state index in [0.717, 1.165) is 23.4 Å². The molecule has 0 radical (unpaired) electrons. The summed E-state index contributed by atoms with van der Waals surface area (Å²) in [7, 11) is 0. The van der Waals surface area contributed by atoms with Crippen LogP contribution in [-0.4, -0.2) is 43.5 Å². The third-order valence-corrected chi connectivity index (χ3v) is 7.01. The van der Waals surface area contributed by atoms with Gasteiger partial charge in [-0.1, -0.05) is 53.2 Å². The minimum atomic E-state index is -0.138. The van der Waals surface area contributed by atoms with Gasteiger partial charge in [0, 0.05) is 47.9 Å². The van der Waals surface area contributed by atoms with E-state index in [2.05, 4.69) is 10.3 Å². The molecule has 4 aromatic rings. The first kappa shape index (κ1) is 20.9. The quantitative estimate of drug-likeness (QED) is 0.452. The number of carbonyl (C=O) groups is 1. The van der Waals surface area contributed by atoms with Crippen LogP contribution in [0.25, 0.3) is 16.9 Å². The summed E-state index contributed by atoms with van der Waals surface area (Å²) in [5.41, 5.74) is 3.66. The third kappa shape index (κ3) is 3.53. The van der Waals surface area contributed by atoms with Gasteiger partial charge in [-0.2, -0.15) is 0 Å². The van der Waals surface area contributed by atoms with Gasteiger partial charge in [-0.3, -0.25) is 9.59 Å². The van der Waals surface area contributed by atoms with Crippen LogP contribution in [0.4, 0.5) is 0 Å². The van der Waals surface area contributed by atoms with Gasteiger partial charge in [0.05, 0.1) is 5.69 Å². The number of likely N-dealkylation sites (tertiary alicyclic amines) is 1. The molecule has 0 unspecified atom stereocenters. The van der Waals surface area contributed by atoms with E-state index in [-0.39, 0.29) is 23.3 Å². The highest BCUT2D eigenvalue weighted by Gasteiger charge is 2.38. The highest BCUT2D eigenvalue weighted by Crippen LogP contribution is 2.36. The number of rotatable bonds is 3. The maximum Gasteiger partial charge on any atom is 0.276 e.